The summed E-state index contributed by atoms with van der Waals surface area (Å²) in [6, 6.07) is 6.84. The highest BCUT2D eigenvalue weighted by molar-refractivity contribution is 7.22. The summed E-state index contributed by atoms with van der Waals surface area (Å²) >= 11 is 1.75. The van der Waals surface area contributed by atoms with Crippen molar-refractivity contribution in [2.75, 3.05) is 31.1 Å². The summed E-state index contributed by atoms with van der Waals surface area (Å²) in [4.78, 5) is 21.6. The number of fused-ring (bicyclic) bond motifs is 1. The number of thiazole rings is 1. The van der Waals surface area contributed by atoms with Crippen molar-refractivity contribution in [3.05, 3.63) is 23.8 Å². The number of hydrogen-bond donors (Lipinski definition) is 1. The quantitative estimate of drug-likeness (QED) is 0.889. The molecule has 2 amide bonds. The van der Waals surface area contributed by atoms with Gasteiger partial charge in [0.25, 0.3) is 0 Å². The summed E-state index contributed by atoms with van der Waals surface area (Å²) in [5.41, 5.74) is 2.34. The fourth-order valence-corrected chi connectivity index (χ4v) is 4.92. The van der Waals surface area contributed by atoms with E-state index in [1.165, 1.54) is 29.5 Å². The van der Waals surface area contributed by atoms with Crippen molar-refractivity contribution in [2.24, 2.45) is 0 Å². The lowest BCUT2D eigenvalue weighted by Crippen LogP contribution is -2.53. The summed E-state index contributed by atoms with van der Waals surface area (Å²) < 4.78 is 1.24. The Hall–Kier alpha value is -1.82. The number of aryl methyl sites for hydroxylation is 1. The van der Waals surface area contributed by atoms with Gasteiger partial charge >= 0.3 is 6.03 Å². The van der Waals surface area contributed by atoms with Gasteiger partial charge in [-0.2, -0.15) is 0 Å². The van der Waals surface area contributed by atoms with Crippen LogP contribution in [-0.2, 0) is 0 Å². The molecule has 2 aromatic rings. The summed E-state index contributed by atoms with van der Waals surface area (Å²) in [7, 11) is 0. The lowest BCUT2D eigenvalue weighted by molar-refractivity contribution is 0.186. The number of anilines is 1. The first-order valence-corrected chi connectivity index (χ1v) is 10.2. The summed E-state index contributed by atoms with van der Waals surface area (Å²) in [6.07, 6.45) is 6.08. The monoisotopic (exact) mass is 358 g/mol. The van der Waals surface area contributed by atoms with Crippen LogP contribution in [0.1, 0.15) is 37.7 Å². The maximum Gasteiger partial charge on any atom is 0.317 e. The molecule has 134 valence electrons. The Balaban J connectivity index is 1.35. The van der Waals surface area contributed by atoms with E-state index in [2.05, 4.69) is 35.3 Å². The van der Waals surface area contributed by atoms with Crippen molar-refractivity contribution >= 4 is 32.7 Å². The van der Waals surface area contributed by atoms with Gasteiger partial charge in [-0.3, -0.25) is 0 Å². The van der Waals surface area contributed by atoms with Crippen LogP contribution in [0.25, 0.3) is 10.2 Å². The molecule has 25 heavy (non-hydrogen) atoms. The van der Waals surface area contributed by atoms with Gasteiger partial charge in [0.15, 0.2) is 5.13 Å². The smallest absolute Gasteiger partial charge is 0.317 e. The molecule has 1 aliphatic carbocycles. The third-order valence-electron chi connectivity index (χ3n) is 5.38. The van der Waals surface area contributed by atoms with Crippen LogP contribution in [0, 0.1) is 6.92 Å². The Morgan fingerprint density at radius 1 is 1.16 bits per heavy atom. The van der Waals surface area contributed by atoms with Crippen LogP contribution in [0.4, 0.5) is 9.93 Å². The molecule has 0 atom stereocenters. The third-order valence-corrected chi connectivity index (χ3v) is 6.46. The maximum atomic E-state index is 12.5. The van der Waals surface area contributed by atoms with Crippen LogP contribution in [-0.4, -0.2) is 48.1 Å². The molecule has 1 saturated heterocycles. The van der Waals surface area contributed by atoms with Crippen LogP contribution >= 0.6 is 11.3 Å². The highest BCUT2D eigenvalue weighted by Crippen LogP contribution is 2.31. The zero-order chi connectivity index (χ0) is 17.2. The number of carbonyl (C=O) groups is 1. The fourth-order valence-electron chi connectivity index (χ4n) is 3.82. The topological polar surface area (TPSA) is 48.5 Å². The van der Waals surface area contributed by atoms with Gasteiger partial charge in [-0.15, -0.1) is 0 Å². The van der Waals surface area contributed by atoms with Gasteiger partial charge in [-0.05, 0) is 31.4 Å². The summed E-state index contributed by atoms with van der Waals surface area (Å²) in [5.74, 6) is 0. The van der Waals surface area contributed by atoms with Gasteiger partial charge in [0.2, 0.25) is 0 Å². The minimum Gasteiger partial charge on any atom is -0.345 e. The SMILES string of the molecule is Cc1cccc2sc(N3CCN(C(=O)NC4CCCCC4)CC3)nc12. The van der Waals surface area contributed by atoms with Crippen LogP contribution in [0.3, 0.4) is 0 Å². The van der Waals surface area contributed by atoms with Crippen molar-refractivity contribution in [3.8, 4) is 0 Å². The second-order valence-electron chi connectivity index (χ2n) is 7.18. The number of aromatic nitrogens is 1. The normalized spacial score (nSPS) is 19.4. The first kappa shape index (κ1) is 16.6. The molecule has 5 nitrogen and oxygen atoms in total. The average Bonchev–Trinajstić information content (AvgIpc) is 3.08. The minimum atomic E-state index is 0.117. The lowest BCUT2D eigenvalue weighted by Gasteiger charge is -2.35. The molecule has 0 unspecified atom stereocenters. The second-order valence-corrected chi connectivity index (χ2v) is 8.19. The number of amides is 2. The molecule has 2 aliphatic rings. The van der Waals surface area contributed by atoms with E-state index < -0.39 is 0 Å². The lowest BCUT2D eigenvalue weighted by atomic mass is 9.96. The number of urea groups is 1. The number of hydrogen-bond acceptors (Lipinski definition) is 4. The van der Waals surface area contributed by atoms with Crippen LogP contribution in [0.2, 0.25) is 0 Å². The Labute approximate surface area is 153 Å². The van der Waals surface area contributed by atoms with Crippen molar-refractivity contribution < 1.29 is 4.79 Å². The van der Waals surface area contributed by atoms with E-state index in [-0.39, 0.29) is 6.03 Å². The number of nitrogens with zero attached hydrogens (tertiary/aromatic N) is 3. The molecule has 0 radical (unpaired) electrons. The first-order chi connectivity index (χ1) is 12.2. The Morgan fingerprint density at radius 2 is 1.92 bits per heavy atom. The van der Waals surface area contributed by atoms with Crippen LogP contribution in [0.5, 0.6) is 0 Å². The third kappa shape index (κ3) is 3.59. The zero-order valence-electron chi connectivity index (χ0n) is 14.8. The summed E-state index contributed by atoms with van der Waals surface area (Å²) in [5, 5.41) is 4.31. The molecule has 4 rings (SSSR count). The van der Waals surface area contributed by atoms with E-state index in [0.717, 1.165) is 49.7 Å². The molecular weight excluding hydrogens is 332 g/mol. The molecule has 1 N–H and O–H groups in total. The molecule has 0 bridgehead atoms. The summed E-state index contributed by atoms with van der Waals surface area (Å²) in [6.45, 7) is 5.37. The average molecular weight is 359 g/mol. The maximum absolute atomic E-state index is 12.5. The second kappa shape index (κ2) is 7.20. The van der Waals surface area contributed by atoms with E-state index in [4.69, 9.17) is 4.98 Å². The predicted molar refractivity (Wildman–Crippen MR) is 104 cm³/mol. The number of para-hydroxylation sites is 1. The zero-order valence-corrected chi connectivity index (χ0v) is 15.6. The number of rotatable bonds is 2. The van der Waals surface area contributed by atoms with E-state index in [1.807, 2.05) is 4.90 Å². The number of carbonyl (C=O) groups excluding carboxylic acids is 1. The molecule has 2 fully saturated rings. The van der Waals surface area contributed by atoms with Gasteiger partial charge in [0.05, 0.1) is 10.2 Å². The molecule has 6 heteroatoms. The molecule has 0 spiro atoms. The Morgan fingerprint density at radius 3 is 2.64 bits per heavy atom. The van der Waals surface area contributed by atoms with E-state index in [9.17, 15) is 4.79 Å². The van der Waals surface area contributed by atoms with E-state index in [0.29, 0.717) is 6.04 Å². The first-order valence-electron chi connectivity index (χ1n) is 9.37. The van der Waals surface area contributed by atoms with Gasteiger partial charge in [-0.1, -0.05) is 42.7 Å². The Bertz CT molecular complexity index is 745. The molecule has 1 aliphatic heterocycles. The van der Waals surface area contributed by atoms with Gasteiger partial charge in [-0.25, -0.2) is 9.78 Å². The highest BCUT2D eigenvalue weighted by Gasteiger charge is 2.25. The van der Waals surface area contributed by atoms with E-state index >= 15 is 0 Å². The van der Waals surface area contributed by atoms with Gasteiger partial charge in [0, 0.05) is 32.2 Å². The number of piperazine rings is 1. The van der Waals surface area contributed by atoms with Crippen molar-refractivity contribution in [3.63, 3.8) is 0 Å². The molecule has 2 heterocycles. The van der Waals surface area contributed by atoms with Crippen LogP contribution in [0.15, 0.2) is 18.2 Å². The minimum absolute atomic E-state index is 0.117. The van der Waals surface area contributed by atoms with E-state index in [1.54, 1.807) is 11.3 Å². The largest absolute Gasteiger partial charge is 0.345 e. The standard InChI is InChI=1S/C19H26N4OS/c1-14-6-5-9-16-17(14)21-19(25-16)23-12-10-22(11-13-23)18(24)20-15-7-3-2-4-8-15/h5-6,9,15H,2-4,7-8,10-13H2,1H3,(H,20,24). The molecular formula is C19H26N4OS. The van der Waals surface area contributed by atoms with Gasteiger partial charge in [0.1, 0.15) is 0 Å². The number of benzene rings is 1. The predicted octanol–water partition coefficient (Wildman–Crippen LogP) is 3.77. The van der Waals surface area contributed by atoms with Crippen molar-refractivity contribution in [1.82, 2.24) is 15.2 Å². The highest BCUT2D eigenvalue weighted by atomic mass is 32.1. The van der Waals surface area contributed by atoms with Crippen molar-refractivity contribution in [1.29, 1.82) is 0 Å². The molecule has 1 aromatic heterocycles. The van der Waals surface area contributed by atoms with Crippen LogP contribution < -0.4 is 10.2 Å². The van der Waals surface area contributed by atoms with Gasteiger partial charge < -0.3 is 15.1 Å². The van der Waals surface area contributed by atoms with Crippen molar-refractivity contribution in [2.45, 2.75) is 45.1 Å². The number of nitrogens with one attached hydrogen (secondary N) is 1. The Kier molecular flexibility index (Phi) is 4.79. The molecule has 1 saturated carbocycles. The molecule has 1 aromatic carbocycles. The fraction of sp³-hybridized carbons (Fsp3) is 0.579.